The number of hydrogen-bond acceptors (Lipinski definition) is 4. The number of rotatable bonds is 4. The number of nitrogens with one attached hydrogen (secondary N) is 1. The van der Waals surface area contributed by atoms with Crippen LogP contribution in [0.2, 0.25) is 0 Å². The molecule has 1 atom stereocenters. The lowest BCUT2D eigenvalue weighted by Gasteiger charge is -2.15. The molecule has 1 heterocycles. The first-order chi connectivity index (χ1) is 9.02. The van der Waals surface area contributed by atoms with Gasteiger partial charge in [-0.15, -0.1) is 10.2 Å². The number of hydrogen-bond donors (Lipinski definition) is 1. The van der Waals surface area contributed by atoms with E-state index in [0.29, 0.717) is 0 Å². The molecule has 19 heavy (non-hydrogen) atoms. The van der Waals surface area contributed by atoms with Crippen LogP contribution in [0.4, 0.5) is 4.39 Å². The number of aromatic nitrogens is 3. The molecule has 1 unspecified atom stereocenters. The second-order valence-electron chi connectivity index (χ2n) is 4.38. The average molecular weight is 280 g/mol. The maximum absolute atomic E-state index is 13.4. The zero-order chi connectivity index (χ0) is 14.0. The van der Waals surface area contributed by atoms with Gasteiger partial charge in [0, 0.05) is 18.0 Å². The smallest absolute Gasteiger partial charge is 0.195 e. The minimum Gasteiger partial charge on any atom is -0.313 e. The highest BCUT2D eigenvalue weighted by atomic mass is 32.2. The summed E-state index contributed by atoms with van der Waals surface area (Å²) < 4.78 is 15.3. The zero-order valence-electron chi connectivity index (χ0n) is 11.4. The third-order valence-corrected chi connectivity index (χ3v) is 4.25. The molecule has 2 rings (SSSR count). The first-order valence-electron chi connectivity index (χ1n) is 6.03. The first-order valence-corrected chi connectivity index (χ1v) is 6.85. The number of halogens is 1. The van der Waals surface area contributed by atoms with Crippen LogP contribution in [0.1, 0.15) is 24.4 Å². The third-order valence-electron chi connectivity index (χ3n) is 3.13. The molecule has 2 aromatic rings. The van der Waals surface area contributed by atoms with E-state index in [4.69, 9.17) is 0 Å². The summed E-state index contributed by atoms with van der Waals surface area (Å²) in [6.07, 6.45) is 0. The van der Waals surface area contributed by atoms with Crippen molar-refractivity contribution in [2.24, 2.45) is 7.05 Å². The van der Waals surface area contributed by atoms with Gasteiger partial charge < -0.3 is 9.88 Å². The van der Waals surface area contributed by atoms with E-state index in [1.807, 2.05) is 32.5 Å². The van der Waals surface area contributed by atoms with E-state index in [-0.39, 0.29) is 11.9 Å². The lowest BCUT2D eigenvalue weighted by Crippen LogP contribution is -2.13. The van der Waals surface area contributed by atoms with Crippen LogP contribution < -0.4 is 5.32 Å². The summed E-state index contributed by atoms with van der Waals surface area (Å²) in [7, 11) is 3.78. The molecule has 0 fully saturated rings. The molecule has 1 aromatic carbocycles. The van der Waals surface area contributed by atoms with E-state index < -0.39 is 0 Å². The van der Waals surface area contributed by atoms with Crippen LogP contribution in [-0.2, 0) is 7.05 Å². The van der Waals surface area contributed by atoms with Crippen LogP contribution in [-0.4, -0.2) is 21.8 Å². The lowest BCUT2D eigenvalue weighted by molar-refractivity contribution is 0.601. The fraction of sp³-hybridized carbons (Fsp3) is 0.385. The summed E-state index contributed by atoms with van der Waals surface area (Å²) in [5, 5.41) is 12.1. The zero-order valence-corrected chi connectivity index (χ0v) is 12.3. The van der Waals surface area contributed by atoms with Crippen molar-refractivity contribution in [2.45, 2.75) is 29.9 Å². The molecule has 0 radical (unpaired) electrons. The van der Waals surface area contributed by atoms with Gasteiger partial charge in [0.15, 0.2) is 5.16 Å². The van der Waals surface area contributed by atoms with Gasteiger partial charge in [-0.1, -0.05) is 0 Å². The largest absolute Gasteiger partial charge is 0.313 e. The Labute approximate surface area is 116 Å². The Morgan fingerprint density at radius 2 is 2.11 bits per heavy atom. The Morgan fingerprint density at radius 1 is 1.37 bits per heavy atom. The molecule has 0 aliphatic carbocycles. The van der Waals surface area contributed by atoms with Crippen molar-refractivity contribution in [2.75, 3.05) is 7.05 Å². The highest BCUT2D eigenvalue weighted by molar-refractivity contribution is 7.99. The molecule has 0 aliphatic heterocycles. The monoisotopic (exact) mass is 280 g/mol. The quantitative estimate of drug-likeness (QED) is 0.935. The van der Waals surface area contributed by atoms with Crippen LogP contribution in [0.15, 0.2) is 28.3 Å². The Kier molecular flexibility index (Phi) is 4.21. The summed E-state index contributed by atoms with van der Waals surface area (Å²) in [5.41, 5.74) is 0.924. The minimum absolute atomic E-state index is 0.0764. The van der Waals surface area contributed by atoms with Crippen LogP contribution in [0, 0.1) is 12.7 Å². The van der Waals surface area contributed by atoms with Crippen LogP contribution in [0.5, 0.6) is 0 Å². The topological polar surface area (TPSA) is 42.7 Å². The Morgan fingerprint density at radius 3 is 2.68 bits per heavy atom. The van der Waals surface area contributed by atoms with Crippen molar-refractivity contribution in [3.63, 3.8) is 0 Å². The van der Waals surface area contributed by atoms with E-state index in [9.17, 15) is 4.39 Å². The molecule has 0 spiro atoms. The van der Waals surface area contributed by atoms with Gasteiger partial charge in [0.1, 0.15) is 11.6 Å². The van der Waals surface area contributed by atoms with Gasteiger partial charge in [0.2, 0.25) is 0 Å². The van der Waals surface area contributed by atoms with Gasteiger partial charge >= 0.3 is 0 Å². The molecule has 4 nitrogen and oxygen atoms in total. The van der Waals surface area contributed by atoms with Gasteiger partial charge in [0.05, 0.1) is 0 Å². The molecule has 1 aromatic heterocycles. The lowest BCUT2D eigenvalue weighted by atomic mass is 10.1. The summed E-state index contributed by atoms with van der Waals surface area (Å²) in [5.74, 6) is 0.628. The third kappa shape index (κ3) is 2.96. The van der Waals surface area contributed by atoms with Crippen LogP contribution >= 0.6 is 11.8 Å². The van der Waals surface area contributed by atoms with Crippen molar-refractivity contribution in [3.8, 4) is 0 Å². The van der Waals surface area contributed by atoms with Crippen molar-refractivity contribution in [1.29, 1.82) is 0 Å². The van der Waals surface area contributed by atoms with Crippen molar-refractivity contribution >= 4 is 11.8 Å². The second kappa shape index (κ2) is 5.71. The van der Waals surface area contributed by atoms with E-state index in [1.54, 1.807) is 12.1 Å². The van der Waals surface area contributed by atoms with Crippen LogP contribution in [0.25, 0.3) is 0 Å². The fourth-order valence-electron chi connectivity index (χ4n) is 1.68. The van der Waals surface area contributed by atoms with Gasteiger partial charge in [-0.25, -0.2) is 4.39 Å². The molecule has 0 saturated carbocycles. The second-order valence-corrected chi connectivity index (χ2v) is 5.39. The predicted octanol–water partition coefficient (Wildman–Crippen LogP) is 2.69. The van der Waals surface area contributed by atoms with Gasteiger partial charge in [0.25, 0.3) is 0 Å². The van der Waals surface area contributed by atoms with E-state index in [2.05, 4.69) is 15.5 Å². The molecule has 0 aliphatic rings. The van der Waals surface area contributed by atoms with E-state index >= 15 is 0 Å². The van der Waals surface area contributed by atoms with E-state index in [0.717, 1.165) is 21.4 Å². The Hall–Kier alpha value is -1.40. The summed E-state index contributed by atoms with van der Waals surface area (Å²) >= 11 is 1.50. The van der Waals surface area contributed by atoms with Crippen molar-refractivity contribution in [1.82, 2.24) is 20.1 Å². The van der Waals surface area contributed by atoms with Gasteiger partial charge in [-0.2, -0.15) is 0 Å². The van der Waals surface area contributed by atoms with Crippen molar-refractivity contribution in [3.05, 3.63) is 35.4 Å². The molecule has 6 heteroatoms. The molecular weight excluding hydrogens is 263 g/mol. The number of aryl methyl sites for hydroxylation is 1. The summed E-state index contributed by atoms with van der Waals surface area (Å²) in [6, 6.07) is 4.89. The Bertz CT molecular complexity index is 582. The number of benzene rings is 1. The Balaban J connectivity index is 2.37. The first kappa shape index (κ1) is 14.0. The summed E-state index contributed by atoms with van der Waals surface area (Å²) in [4.78, 5) is 0.985. The molecule has 0 saturated heterocycles. The predicted molar refractivity (Wildman–Crippen MR) is 73.7 cm³/mol. The summed E-state index contributed by atoms with van der Waals surface area (Å²) in [6.45, 7) is 3.90. The normalized spacial score (nSPS) is 12.7. The highest BCUT2D eigenvalue weighted by Gasteiger charge is 2.14. The SMILES string of the molecule is CNC(C)c1cc(F)ccc1Sc1nnc(C)n1C. The minimum atomic E-state index is -0.226. The highest BCUT2D eigenvalue weighted by Crippen LogP contribution is 2.32. The maximum atomic E-state index is 13.4. The standard InChI is InChI=1S/C13H17FN4S/c1-8(15-3)11-7-10(14)5-6-12(11)19-13-17-16-9(2)18(13)4/h5-8,15H,1-4H3. The number of nitrogens with zero attached hydrogens (tertiary/aromatic N) is 3. The van der Waals surface area contributed by atoms with Crippen LogP contribution in [0.3, 0.4) is 0 Å². The molecular formula is C13H17FN4S. The molecule has 1 N–H and O–H groups in total. The fourth-order valence-corrected chi connectivity index (χ4v) is 2.72. The average Bonchev–Trinajstić information content (AvgIpc) is 2.71. The molecule has 0 bridgehead atoms. The molecule has 0 amide bonds. The van der Waals surface area contributed by atoms with E-state index in [1.165, 1.54) is 17.8 Å². The van der Waals surface area contributed by atoms with Gasteiger partial charge in [-0.05, 0) is 56.4 Å². The van der Waals surface area contributed by atoms with Crippen molar-refractivity contribution < 1.29 is 4.39 Å². The van der Waals surface area contributed by atoms with Gasteiger partial charge in [-0.3, -0.25) is 0 Å². The maximum Gasteiger partial charge on any atom is 0.195 e. The molecule has 102 valence electrons.